The van der Waals surface area contributed by atoms with Crippen LogP contribution in [0.5, 0.6) is 5.75 Å². The lowest BCUT2D eigenvalue weighted by Gasteiger charge is -2.35. The maximum atomic E-state index is 10.3. The first-order valence-electron chi connectivity index (χ1n) is 8.86. The van der Waals surface area contributed by atoms with Crippen LogP contribution >= 0.6 is 24.8 Å². The summed E-state index contributed by atoms with van der Waals surface area (Å²) in [6.07, 6.45) is 6.26. The van der Waals surface area contributed by atoms with Crippen LogP contribution in [0.1, 0.15) is 13.8 Å². The Morgan fingerprint density at radius 2 is 1.86 bits per heavy atom. The third-order valence-corrected chi connectivity index (χ3v) is 4.59. The number of piperazine rings is 1. The molecule has 0 bridgehead atoms. The highest BCUT2D eigenvalue weighted by Crippen LogP contribution is 2.26. The van der Waals surface area contributed by atoms with E-state index in [1.54, 1.807) is 24.8 Å². The van der Waals surface area contributed by atoms with Gasteiger partial charge in [-0.2, -0.15) is 10.2 Å². The second-order valence-electron chi connectivity index (χ2n) is 6.77. The number of aromatic nitrogens is 7. The van der Waals surface area contributed by atoms with E-state index in [0.717, 1.165) is 19.6 Å². The van der Waals surface area contributed by atoms with Crippen molar-refractivity contribution in [3.05, 3.63) is 30.9 Å². The Morgan fingerprint density at radius 1 is 1.10 bits per heavy atom. The first-order chi connectivity index (χ1) is 13.1. The zero-order valence-corrected chi connectivity index (χ0v) is 17.6. The third-order valence-electron chi connectivity index (χ3n) is 4.59. The summed E-state index contributed by atoms with van der Waals surface area (Å²) < 4.78 is 0. The molecule has 1 aliphatic heterocycles. The van der Waals surface area contributed by atoms with Gasteiger partial charge in [-0.1, -0.05) is 13.8 Å². The molecule has 12 heteroatoms. The van der Waals surface area contributed by atoms with Crippen LogP contribution in [0.25, 0.3) is 17.1 Å². The lowest BCUT2D eigenvalue weighted by Crippen LogP contribution is -2.53. The number of nitrogens with zero attached hydrogens (tertiary/aromatic N) is 8. The molecular weight excluding hydrogens is 417 g/mol. The standard InChI is InChI=1S/C17H21N9O.2ClH/c1-11(2)14-10-25(6-5-18-14)17-20-9-13(23-24-17)16-15(27)7-12(8-19-16)26-21-3-4-22-26;;/h3-4,7-9,11,14,18,27H,5-6,10H2,1-2H3;2*1H/t14-;;/m1../s1. The van der Waals surface area contributed by atoms with Crippen LogP contribution < -0.4 is 10.2 Å². The Kier molecular flexibility index (Phi) is 7.66. The number of anilines is 1. The Hall–Kier alpha value is -2.56. The van der Waals surface area contributed by atoms with Crippen LogP contribution in [0.2, 0.25) is 0 Å². The molecule has 0 saturated carbocycles. The zero-order chi connectivity index (χ0) is 18.8. The normalized spacial score (nSPS) is 16.2. The summed E-state index contributed by atoms with van der Waals surface area (Å²) in [5.74, 6) is 1.09. The molecule has 1 aliphatic rings. The lowest BCUT2D eigenvalue weighted by atomic mass is 10.0. The molecule has 1 atom stereocenters. The summed E-state index contributed by atoms with van der Waals surface area (Å²) in [5, 5.41) is 30.3. The molecule has 4 heterocycles. The van der Waals surface area contributed by atoms with E-state index in [1.807, 2.05) is 0 Å². The average Bonchev–Trinajstić information content (AvgIpc) is 3.23. The van der Waals surface area contributed by atoms with Gasteiger partial charge in [0.2, 0.25) is 5.95 Å². The second-order valence-corrected chi connectivity index (χ2v) is 6.77. The molecule has 1 saturated heterocycles. The van der Waals surface area contributed by atoms with E-state index >= 15 is 0 Å². The largest absolute Gasteiger partial charge is 0.506 e. The molecule has 3 aromatic rings. The Morgan fingerprint density at radius 3 is 2.48 bits per heavy atom. The van der Waals surface area contributed by atoms with Gasteiger partial charge in [0.1, 0.15) is 22.8 Å². The minimum atomic E-state index is -0.0318. The van der Waals surface area contributed by atoms with E-state index in [4.69, 9.17) is 0 Å². The van der Waals surface area contributed by atoms with E-state index in [9.17, 15) is 5.11 Å². The minimum Gasteiger partial charge on any atom is -0.506 e. The van der Waals surface area contributed by atoms with E-state index in [0.29, 0.717) is 35.0 Å². The summed E-state index contributed by atoms with van der Waals surface area (Å²) in [7, 11) is 0. The molecule has 0 unspecified atom stereocenters. The van der Waals surface area contributed by atoms with Crippen molar-refractivity contribution < 1.29 is 5.11 Å². The number of rotatable bonds is 4. The summed E-state index contributed by atoms with van der Waals surface area (Å²) >= 11 is 0. The predicted octanol–water partition coefficient (Wildman–Crippen LogP) is 1.50. The maximum absolute atomic E-state index is 10.3. The van der Waals surface area contributed by atoms with Crippen molar-refractivity contribution >= 4 is 30.8 Å². The number of hydrogen-bond donors (Lipinski definition) is 2. The topological polar surface area (TPSA) is 118 Å². The number of aromatic hydroxyl groups is 1. The lowest BCUT2D eigenvalue weighted by molar-refractivity contribution is 0.365. The molecule has 156 valence electrons. The summed E-state index contributed by atoms with van der Waals surface area (Å²) in [6.45, 7) is 6.95. The third kappa shape index (κ3) is 4.89. The van der Waals surface area contributed by atoms with E-state index in [-0.39, 0.29) is 30.6 Å². The Bertz CT molecular complexity index is 906. The van der Waals surface area contributed by atoms with Crippen LogP contribution in [-0.4, -0.2) is 65.9 Å². The van der Waals surface area contributed by atoms with E-state index < -0.39 is 0 Å². The molecule has 1 fully saturated rings. The van der Waals surface area contributed by atoms with Gasteiger partial charge in [0.15, 0.2) is 0 Å². The number of hydrogen-bond acceptors (Lipinski definition) is 9. The monoisotopic (exact) mass is 439 g/mol. The van der Waals surface area contributed by atoms with Gasteiger partial charge in [-0.15, -0.1) is 39.8 Å². The second kappa shape index (κ2) is 9.77. The quantitative estimate of drug-likeness (QED) is 0.622. The van der Waals surface area contributed by atoms with Crippen molar-refractivity contribution in [1.29, 1.82) is 0 Å². The zero-order valence-electron chi connectivity index (χ0n) is 16.0. The van der Waals surface area contributed by atoms with Gasteiger partial charge in [0.25, 0.3) is 0 Å². The highest BCUT2D eigenvalue weighted by atomic mass is 35.5. The predicted molar refractivity (Wildman–Crippen MR) is 113 cm³/mol. The number of halogens is 2. The molecule has 29 heavy (non-hydrogen) atoms. The van der Waals surface area contributed by atoms with Crippen molar-refractivity contribution in [2.24, 2.45) is 5.92 Å². The first kappa shape index (κ1) is 22.7. The Labute approximate surface area is 180 Å². The van der Waals surface area contributed by atoms with Crippen molar-refractivity contribution in [1.82, 2.24) is 40.5 Å². The van der Waals surface area contributed by atoms with Gasteiger partial charge < -0.3 is 15.3 Å². The summed E-state index contributed by atoms with van der Waals surface area (Å²) in [5.41, 5.74) is 1.28. The fraction of sp³-hybridized carbons (Fsp3) is 0.412. The van der Waals surface area contributed by atoms with Gasteiger partial charge in [-0.05, 0) is 5.92 Å². The molecule has 0 aromatic carbocycles. The minimum absolute atomic E-state index is 0. The maximum Gasteiger partial charge on any atom is 0.245 e. The molecular formula is C17H23Cl2N9O. The molecule has 10 nitrogen and oxygen atoms in total. The van der Waals surface area contributed by atoms with Crippen molar-refractivity contribution in [2.75, 3.05) is 24.5 Å². The molecule has 0 amide bonds. The van der Waals surface area contributed by atoms with Gasteiger partial charge in [-0.3, -0.25) is 0 Å². The Balaban J connectivity index is 0.00000150. The molecule has 0 radical (unpaired) electrons. The van der Waals surface area contributed by atoms with Crippen LogP contribution in [0.15, 0.2) is 30.9 Å². The van der Waals surface area contributed by atoms with Crippen LogP contribution in [0.4, 0.5) is 5.95 Å². The fourth-order valence-corrected chi connectivity index (χ4v) is 3.03. The van der Waals surface area contributed by atoms with Crippen LogP contribution in [0, 0.1) is 5.92 Å². The highest BCUT2D eigenvalue weighted by Gasteiger charge is 2.24. The smallest absolute Gasteiger partial charge is 0.245 e. The van der Waals surface area contributed by atoms with Crippen molar-refractivity contribution in [3.8, 4) is 22.8 Å². The molecule has 0 spiro atoms. The first-order valence-corrected chi connectivity index (χ1v) is 8.86. The molecule has 0 aliphatic carbocycles. The van der Waals surface area contributed by atoms with Crippen molar-refractivity contribution in [2.45, 2.75) is 19.9 Å². The van der Waals surface area contributed by atoms with E-state index in [1.165, 1.54) is 10.9 Å². The number of nitrogens with one attached hydrogen (secondary N) is 1. The van der Waals surface area contributed by atoms with Crippen LogP contribution in [0.3, 0.4) is 0 Å². The van der Waals surface area contributed by atoms with Gasteiger partial charge in [0.05, 0.1) is 24.8 Å². The van der Waals surface area contributed by atoms with Gasteiger partial charge in [-0.25, -0.2) is 9.97 Å². The summed E-state index contributed by atoms with van der Waals surface area (Å²) in [4.78, 5) is 12.2. The SMILES string of the molecule is CC(C)[C@H]1CN(c2ncc(-c3ncc(-n4nccn4)cc3O)nn2)CCN1.Cl.Cl. The molecule has 3 aromatic heterocycles. The van der Waals surface area contributed by atoms with Gasteiger partial charge in [0, 0.05) is 31.7 Å². The van der Waals surface area contributed by atoms with Gasteiger partial charge >= 0.3 is 0 Å². The molecule has 4 rings (SSSR count). The average molecular weight is 440 g/mol. The highest BCUT2D eigenvalue weighted by molar-refractivity contribution is 5.85. The molecule has 2 N–H and O–H groups in total. The van der Waals surface area contributed by atoms with Crippen molar-refractivity contribution in [3.63, 3.8) is 0 Å². The number of pyridine rings is 1. The van der Waals surface area contributed by atoms with E-state index in [2.05, 4.69) is 54.4 Å². The fourth-order valence-electron chi connectivity index (χ4n) is 3.03. The summed E-state index contributed by atoms with van der Waals surface area (Å²) in [6, 6.07) is 1.93. The van der Waals surface area contributed by atoms with Crippen LogP contribution in [-0.2, 0) is 0 Å².